The van der Waals surface area contributed by atoms with Crippen molar-refractivity contribution in [2.45, 2.75) is 12.3 Å². The Morgan fingerprint density at radius 3 is 2.86 bits per heavy atom. The number of carbonyl (C=O) groups is 1. The lowest BCUT2D eigenvalue weighted by molar-refractivity contribution is 0.0791. The third-order valence-electron chi connectivity index (χ3n) is 3.86. The second-order valence-corrected chi connectivity index (χ2v) is 5.23. The van der Waals surface area contributed by atoms with Crippen LogP contribution in [-0.2, 0) is 0 Å². The second-order valence-electron chi connectivity index (χ2n) is 5.23. The number of nitrogens with two attached hydrogens (primary N) is 1. The van der Waals surface area contributed by atoms with Gasteiger partial charge in [0.1, 0.15) is 11.6 Å². The van der Waals surface area contributed by atoms with Crippen LogP contribution in [0.1, 0.15) is 28.3 Å². The lowest BCUT2D eigenvalue weighted by Gasteiger charge is -2.17. The minimum Gasteiger partial charge on any atom is -0.383 e. The van der Waals surface area contributed by atoms with Crippen molar-refractivity contribution in [1.82, 2.24) is 9.88 Å². The maximum Gasteiger partial charge on any atom is 0.257 e. The number of hydrogen-bond donors (Lipinski definition) is 1. The van der Waals surface area contributed by atoms with Crippen molar-refractivity contribution in [2.75, 3.05) is 18.8 Å². The van der Waals surface area contributed by atoms with Gasteiger partial charge in [-0.15, -0.1) is 0 Å². The smallest absolute Gasteiger partial charge is 0.257 e. The molecule has 1 atom stereocenters. The molecule has 2 aromatic rings. The van der Waals surface area contributed by atoms with E-state index in [1.54, 1.807) is 4.90 Å². The summed E-state index contributed by atoms with van der Waals surface area (Å²) in [5.74, 6) is -0.410. The molecule has 108 valence electrons. The minimum absolute atomic E-state index is 0.0737. The number of hydrogen-bond acceptors (Lipinski definition) is 3. The molecule has 1 fully saturated rings. The van der Waals surface area contributed by atoms with Crippen LogP contribution in [0.2, 0.25) is 0 Å². The summed E-state index contributed by atoms with van der Waals surface area (Å²) in [4.78, 5) is 17.9. The molecule has 3 rings (SSSR count). The normalized spacial score (nSPS) is 18.0. The lowest BCUT2D eigenvalue weighted by atomic mass is 9.99. The molecule has 0 aliphatic carbocycles. The minimum atomic E-state index is -0.550. The van der Waals surface area contributed by atoms with Crippen molar-refractivity contribution in [3.63, 3.8) is 0 Å². The molecule has 1 unspecified atom stereocenters. The van der Waals surface area contributed by atoms with Gasteiger partial charge >= 0.3 is 0 Å². The largest absolute Gasteiger partial charge is 0.383 e. The van der Waals surface area contributed by atoms with Gasteiger partial charge in [-0.25, -0.2) is 9.37 Å². The Morgan fingerprint density at radius 1 is 1.33 bits per heavy atom. The van der Waals surface area contributed by atoms with Crippen molar-refractivity contribution in [2.24, 2.45) is 0 Å². The number of anilines is 1. The Bertz CT molecular complexity index is 660. The highest BCUT2D eigenvalue weighted by Gasteiger charge is 2.29. The van der Waals surface area contributed by atoms with Crippen LogP contribution in [0, 0.1) is 5.82 Å². The fourth-order valence-corrected chi connectivity index (χ4v) is 2.73. The number of aromatic nitrogens is 1. The number of nitrogen functional groups attached to an aromatic ring is 1. The number of nitrogens with zero attached hydrogens (tertiary/aromatic N) is 2. The van der Waals surface area contributed by atoms with Gasteiger partial charge < -0.3 is 10.6 Å². The molecule has 0 saturated carbocycles. The number of carbonyl (C=O) groups excluding carboxylic acids is 1. The summed E-state index contributed by atoms with van der Waals surface area (Å²) >= 11 is 0. The van der Waals surface area contributed by atoms with Gasteiger partial charge in [-0.3, -0.25) is 4.79 Å². The highest BCUT2D eigenvalue weighted by Crippen LogP contribution is 2.28. The van der Waals surface area contributed by atoms with E-state index in [-0.39, 0.29) is 17.3 Å². The summed E-state index contributed by atoms with van der Waals surface area (Å²) in [6.45, 7) is 1.27. The van der Waals surface area contributed by atoms with Gasteiger partial charge in [0.2, 0.25) is 0 Å². The SMILES string of the molecule is Nc1ncc(F)cc1C(=O)N1CCC(c2ccccc2)C1. The van der Waals surface area contributed by atoms with Crippen LogP contribution in [0.4, 0.5) is 10.2 Å². The summed E-state index contributed by atoms with van der Waals surface area (Å²) in [6, 6.07) is 11.2. The van der Waals surface area contributed by atoms with E-state index in [0.717, 1.165) is 18.7 Å². The Balaban J connectivity index is 1.77. The first-order valence-corrected chi connectivity index (χ1v) is 6.90. The molecule has 2 N–H and O–H groups in total. The first kappa shape index (κ1) is 13.5. The van der Waals surface area contributed by atoms with Crippen LogP contribution in [0.25, 0.3) is 0 Å². The molecule has 1 amide bonds. The predicted octanol–water partition coefficient (Wildman–Crippen LogP) is 2.43. The van der Waals surface area contributed by atoms with E-state index in [9.17, 15) is 9.18 Å². The van der Waals surface area contributed by atoms with Crippen LogP contribution in [-0.4, -0.2) is 28.9 Å². The Hall–Kier alpha value is -2.43. The fourth-order valence-electron chi connectivity index (χ4n) is 2.73. The van der Waals surface area contributed by atoms with E-state index in [2.05, 4.69) is 17.1 Å². The number of rotatable bonds is 2. The van der Waals surface area contributed by atoms with Crippen molar-refractivity contribution in [3.05, 3.63) is 59.5 Å². The van der Waals surface area contributed by atoms with Crippen molar-refractivity contribution < 1.29 is 9.18 Å². The molecule has 0 radical (unpaired) electrons. The lowest BCUT2D eigenvalue weighted by Crippen LogP contribution is -2.29. The van der Waals surface area contributed by atoms with Gasteiger partial charge in [0, 0.05) is 19.0 Å². The number of halogens is 1. The maximum atomic E-state index is 13.2. The van der Waals surface area contributed by atoms with Gasteiger partial charge in [0.05, 0.1) is 11.8 Å². The molecule has 0 bridgehead atoms. The number of pyridine rings is 1. The quantitative estimate of drug-likeness (QED) is 0.922. The Labute approximate surface area is 122 Å². The van der Waals surface area contributed by atoms with Gasteiger partial charge in [-0.2, -0.15) is 0 Å². The van der Waals surface area contributed by atoms with Crippen molar-refractivity contribution in [3.8, 4) is 0 Å². The van der Waals surface area contributed by atoms with E-state index < -0.39 is 5.82 Å². The van der Waals surface area contributed by atoms with E-state index in [0.29, 0.717) is 19.0 Å². The molecule has 1 aliphatic heterocycles. The zero-order valence-electron chi connectivity index (χ0n) is 11.5. The highest BCUT2D eigenvalue weighted by atomic mass is 19.1. The van der Waals surface area contributed by atoms with Crippen LogP contribution >= 0.6 is 0 Å². The van der Waals surface area contributed by atoms with Gasteiger partial charge in [-0.05, 0) is 18.1 Å². The van der Waals surface area contributed by atoms with Crippen LogP contribution < -0.4 is 5.73 Å². The van der Waals surface area contributed by atoms with Crippen LogP contribution in [0.15, 0.2) is 42.6 Å². The second kappa shape index (κ2) is 5.52. The summed E-state index contributed by atoms with van der Waals surface area (Å²) in [5.41, 5.74) is 7.04. The molecule has 4 nitrogen and oxygen atoms in total. The third-order valence-corrected chi connectivity index (χ3v) is 3.86. The number of benzene rings is 1. The summed E-state index contributed by atoms with van der Waals surface area (Å²) in [5, 5.41) is 0. The van der Waals surface area contributed by atoms with Crippen molar-refractivity contribution in [1.29, 1.82) is 0 Å². The Morgan fingerprint density at radius 2 is 2.10 bits per heavy atom. The maximum absolute atomic E-state index is 13.2. The summed E-state index contributed by atoms with van der Waals surface area (Å²) in [6.07, 6.45) is 1.92. The molecule has 1 aliphatic rings. The average molecular weight is 285 g/mol. The monoisotopic (exact) mass is 285 g/mol. The molecule has 1 aromatic carbocycles. The molecule has 1 saturated heterocycles. The molecule has 1 aromatic heterocycles. The molecular formula is C16H16FN3O. The zero-order valence-corrected chi connectivity index (χ0v) is 11.5. The number of likely N-dealkylation sites (tertiary alicyclic amines) is 1. The summed E-state index contributed by atoms with van der Waals surface area (Å²) < 4.78 is 13.2. The fraction of sp³-hybridized carbons (Fsp3) is 0.250. The van der Waals surface area contributed by atoms with Crippen LogP contribution in [0.3, 0.4) is 0 Å². The predicted molar refractivity (Wildman–Crippen MR) is 78.3 cm³/mol. The molecule has 5 heteroatoms. The molecule has 21 heavy (non-hydrogen) atoms. The topological polar surface area (TPSA) is 59.2 Å². The van der Waals surface area contributed by atoms with E-state index in [4.69, 9.17) is 5.73 Å². The Kier molecular flexibility index (Phi) is 3.56. The van der Waals surface area contributed by atoms with Gasteiger partial charge in [-0.1, -0.05) is 30.3 Å². The van der Waals surface area contributed by atoms with Crippen molar-refractivity contribution >= 4 is 11.7 Å². The first-order valence-electron chi connectivity index (χ1n) is 6.90. The van der Waals surface area contributed by atoms with Gasteiger partial charge in [0.15, 0.2) is 0 Å². The van der Waals surface area contributed by atoms with Crippen LogP contribution in [0.5, 0.6) is 0 Å². The number of amides is 1. The standard InChI is InChI=1S/C16H16FN3O/c17-13-8-14(15(18)19-9-13)16(21)20-7-6-12(10-20)11-4-2-1-3-5-11/h1-5,8-9,12H,6-7,10H2,(H2,18,19). The summed E-state index contributed by atoms with van der Waals surface area (Å²) in [7, 11) is 0. The molecule has 2 heterocycles. The van der Waals surface area contributed by atoms with Gasteiger partial charge in [0.25, 0.3) is 5.91 Å². The molecule has 0 spiro atoms. The highest BCUT2D eigenvalue weighted by molar-refractivity contribution is 5.98. The average Bonchev–Trinajstić information content (AvgIpc) is 3.00. The third kappa shape index (κ3) is 2.72. The molecular weight excluding hydrogens is 269 g/mol. The van der Waals surface area contributed by atoms with E-state index in [1.165, 1.54) is 5.56 Å². The zero-order chi connectivity index (χ0) is 14.8. The van der Waals surface area contributed by atoms with E-state index in [1.807, 2.05) is 18.2 Å². The first-order chi connectivity index (χ1) is 10.1. The van der Waals surface area contributed by atoms with E-state index >= 15 is 0 Å².